The number of Topliss-reactive ketones (excluding diaryl/α,β-unsaturated/α-hetero) is 1. The molecule has 0 aromatic heterocycles. The zero-order chi connectivity index (χ0) is 21.3. The summed E-state index contributed by atoms with van der Waals surface area (Å²) < 4.78 is 16.1. The predicted molar refractivity (Wildman–Crippen MR) is 105 cm³/mol. The van der Waals surface area contributed by atoms with Crippen LogP contribution in [0.3, 0.4) is 0 Å². The molecule has 1 heterocycles. The number of methoxy groups -OCH3 is 1. The van der Waals surface area contributed by atoms with Crippen molar-refractivity contribution in [2.24, 2.45) is 0 Å². The van der Waals surface area contributed by atoms with Crippen molar-refractivity contribution >= 4 is 11.8 Å². The van der Waals surface area contributed by atoms with Gasteiger partial charge in [0.1, 0.15) is 35.5 Å². The number of rotatable bonds is 4. The van der Waals surface area contributed by atoms with Crippen molar-refractivity contribution in [3.05, 3.63) is 58.4 Å². The monoisotopic (exact) mass is 400 g/mol. The molecule has 2 aliphatic rings. The van der Waals surface area contributed by atoms with Gasteiger partial charge in [0, 0.05) is 18.1 Å². The molecular weight excluding hydrogens is 376 g/mol. The van der Waals surface area contributed by atoms with Crippen molar-refractivity contribution in [3.8, 4) is 11.5 Å². The van der Waals surface area contributed by atoms with E-state index in [1.807, 2.05) is 13.0 Å². The summed E-state index contributed by atoms with van der Waals surface area (Å²) in [5, 5.41) is 21.0. The number of aromatic hydroxyl groups is 1. The van der Waals surface area contributed by atoms with Gasteiger partial charge in [0.05, 0.1) is 7.11 Å². The summed E-state index contributed by atoms with van der Waals surface area (Å²) in [5.74, 6) is -0.670. The number of allylic oxidation sites excluding steroid dienone is 3. The SMILES string of the molecule is C/C=C/C1=CC2=C(CO1)C(=O)[C@@](C)(O)[C@@H](OC(=O)c1c(C)cc(OC)cc1O)C2. The number of esters is 1. The molecule has 1 aromatic rings. The lowest BCUT2D eigenvalue weighted by Gasteiger charge is -2.38. The van der Waals surface area contributed by atoms with Crippen LogP contribution in [-0.2, 0) is 14.3 Å². The van der Waals surface area contributed by atoms with Crippen LogP contribution < -0.4 is 4.74 Å². The molecule has 7 nitrogen and oxygen atoms in total. The molecule has 0 amide bonds. The second-order valence-electron chi connectivity index (χ2n) is 7.25. The lowest BCUT2D eigenvalue weighted by Crippen LogP contribution is -2.53. The molecule has 1 aliphatic heterocycles. The van der Waals surface area contributed by atoms with Crippen molar-refractivity contribution < 1.29 is 34.0 Å². The van der Waals surface area contributed by atoms with Crippen molar-refractivity contribution in [1.29, 1.82) is 0 Å². The smallest absolute Gasteiger partial charge is 0.342 e. The molecule has 0 bridgehead atoms. The van der Waals surface area contributed by atoms with Crippen LogP contribution >= 0.6 is 0 Å². The highest BCUT2D eigenvalue weighted by atomic mass is 16.6. The first-order valence-electron chi connectivity index (χ1n) is 9.24. The van der Waals surface area contributed by atoms with Crippen LogP contribution in [0.5, 0.6) is 11.5 Å². The highest BCUT2D eigenvalue weighted by Crippen LogP contribution is 2.37. The van der Waals surface area contributed by atoms with Crippen molar-refractivity contribution in [2.45, 2.75) is 38.9 Å². The molecule has 0 unspecified atom stereocenters. The Kier molecular flexibility index (Phi) is 5.53. The Labute approximate surface area is 168 Å². The van der Waals surface area contributed by atoms with Crippen LogP contribution in [0.25, 0.3) is 0 Å². The molecule has 0 saturated heterocycles. The zero-order valence-electron chi connectivity index (χ0n) is 16.8. The fraction of sp³-hybridized carbons (Fsp3) is 0.364. The third-order valence-corrected chi connectivity index (χ3v) is 5.16. The van der Waals surface area contributed by atoms with Gasteiger partial charge >= 0.3 is 5.97 Å². The number of aryl methyl sites for hydroxylation is 1. The number of phenols is 1. The summed E-state index contributed by atoms with van der Waals surface area (Å²) in [7, 11) is 1.45. The van der Waals surface area contributed by atoms with Crippen LogP contribution in [-0.4, -0.2) is 47.4 Å². The summed E-state index contributed by atoms with van der Waals surface area (Å²) in [6, 6.07) is 2.89. The zero-order valence-corrected chi connectivity index (χ0v) is 16.8. The second-order valence-corrected chi connectivity index (χ2v) is 7.25. The number of carbonyl (C=O) groups is 2. The van der Waals surface area contributed by atoms with Gasteiger partial charge in [-0.3, -0.25) is 4.79 Å². The third-order valence-electron chi connectivity index (χ3n) is 5.16. The van der Waals surface area contributed by atoms with E-state index in [-0.39, 0.29) is 24.3 Å². The molecule has 2 N–H and O–H groups in total. The fourth-order valence-electron chi connectivity index (χ4n) is 3.52. The standard InChI is InChI=1S/C22H24O7/c1-5-6-14-8-13-9-18(22(3,26)20(24)16(13)11-28-14)29-21(25)19-12(2)7-15(27-4)10-17(19)23/h5-8,10,18,23,26H,9,11H2,1-4H3/b6-5+/t18-,22-/m0/s1. The number of ether oxygens (including phenoxy) is 3. The number of ketones is 1. The van der Waals surface area contributed by atoms with Crippen molar-refractivity contribution in [1.82, 2.24) is 0 Å². The summed E-state index contributed by atoms with van der Waals surface area (Å²) in [5.41, 5.74) is -0.450. The molecule has 1 aromatic carbocycles. The van der Waals surface area contributed by atoms with E-state index in [2.05, 4.69) is 0 Å². The van der Waals surface area contributed by atoms with Crippen LogP contribution in [0, 0.1) is 6.92 Å². The molecular formula is C22H24O7. The van der Waals surface area contributed by atoms with E-state index in [4.69, 9.17) is 14.2 Å². The summed E-state index contributed by atoms with van der Waals surface area (Å²) in [4.78, 5) is 25.6. The second kappa shape index (κ2) is 7.75. The molecule has 0 fully saturated rings. The predicted octanol–water partition coefficient (Wildman–Crippen LogP) is 2.75. The highest BCUT2D eigenvalue weighted by Gasteiger charge is 2.48. The van der Waals surface area contributed by atoms with Gasteiger partial charge in [-0.05, 0) is 50.1 Å². The number of benzene rings is 1. The van der Waals surface area contributed by atoms with E-state index >= 15 is 0 Å². The normalized spacial score (nSPS) is 24.1. The number of hydrogen-bond acceptors (Lipinski definition) is 7. The van der Waals surface area contributed by atoms with Gasteiger partial charge in [0.2, 0.25) is 0 Å². The Morgan fingerprint density at radius 1 is 1.38 bits per heavy atom. The maximum absolute atomic E-state index is 12.8. The highest BCUT2D eigenvalue weighted by molar-refractivity contribution is 6.05. The van der Waals surface area contributed by atoms with Gasteiger partial charge in [-0.25, -0.2) is 4.79 Å². The Hall–Kier alpha value is -3.06. The number of aliphatic hydroxyl groups is 1. The quantitative estimate of drug-likeness (QED) is 0.749. The van der Waals surface area contributed by atoms with Crippen LogP contribution in [0.4, 0.5) is 0 Å². The van der Waals surface area contributed by atoms with E-state index in [1.165, 1.54) is 20.1 Å². The van der Waals surface area contributed by atoms with Crippen molar-refractivity contribution in [2.75, 3.05) is 13.7 Å². The van der Waals surface area contributed by atoms with Gasteiger partial charge in [-0.1, -0.05) is 6.08 Å². The maximum atomic E-state index is 12.8. The summed E-state index contributed by atoms with van der Waals surface area (Å²) >= 11 is 0. The molecule has 2 atom stereocenters. The molecule has 0 radical (unpaired) electrons. The number of phenolic OH excluding ortho intramolecular Hbond substituents is 1. The minimum absolute atomic E-state index is 0.0362. The van der Waals surface area contributed by atoms with E-state index in [0.29, 0.717) is 28.2 Å². The largest absolute Gasteiger partial charge is 0.507 e. The van der Waals surface area contributed by atoms with Crippen LogP contribution in [0.15, 0.2) is 47.3 Å². The molecule has 0 saturated carbocycles. The molecule has 29 heavy (non-hydrogen) atoms. The van der Waals surface area contributed by atoms with Gasteiger partial charge < -0.3 is 24.4 Å². The molecule has 7 heteroatoms. The molecule has 154 valence electrons. The number of hydrogen-bond donors (Lipinski definition) is 2. The Morgan fingerprint density at radius 2 is 2.10 bits per heavy atom. The van der Waals surface area contributed by atoms with E-state index in [9.17, 15) is 19.8 Å². The van der Waals surface area contributed by atoms with Crippen molar-refractivity contribution in [3.63, 3.8) is 0 Å². The minimum atomic E-state index is -1.90. The molecule has 3 rings (SSSR count). The van der Waals surface area contributed by atoms with E-state index < -0.39 is 23.5 Å². The van der Waals surface area contributed by atoms with E-state index in [0.717, 1.165) is 0 Å². The maximum Gasteiger partial charge on any atom is 0.342 e. The van der Waals surface area contributed by atoms with Gasteiger partial charge in [0.15, 0.2) is 11.4 Å². The Balaban J connectivity index is 1.91. The Morgan fingerprint density at radius 3 is 2.72 bits per heavy atom. The lowest BCUT2D eigenvalue weighted by atomic mass is 9.77. The average molecular weight is 400 g/mol. The minimum Gasteiger partial charge on any atom is -0.507 e. The molecule has 1 aliphatic carbocycles. The first-order valence-corrected chi connectivity index (χ1v) is 9.24. The lowest BCUT2D eigenvalue weighted by molar-refractivity contribution is -0.146. The number of carbonyl (C=O) groups excluding carboxylic acids is 2. The van der Waals surface area contributed by atoms with Crippen LogP contribution in [0.2, 0.25) is 0 Å². The third kappa shape index (κ3) is 3.78. The topological polar surface area (TPSA) is 102 Å². The Bertz CT molecular complexity index is 927. The van der Waals surface area contributed by atoms with E-state index in [1.54, 1.807) is 25.1 Å². The van der Waals surface area contributed by atoms with Gasteiger partial charge in [-0.2, -0.15) is 0 Å². The first-order chi connectivity index (χ1) is 13.7. The van der Waals surface area contributed by atoms with Gasteiger partial charge in [-0.15, -0.1) is 0 Å². The van der Waals surface area contributed by atoms with Crippen LogP contribution in [0.1, 0.15) is 36.2 Å². The summed E-state index contributed by atoms with van der Waals surface area (Å²) in [6.07, 6.45) is 4.33. The average Bonchev–Trinajstić information content (AvgIpc) is 2.65. The van der Waals surface area contributed by atoms with Gasteiger partial charge in [0.25, 0.3) is 0 Å². The fourth-order valence-corrected chi connectivity index (χ4v) is 3.52. The summed E-state index contributed by atoms with van der Waals surface area (Å²) in [6.45, 7) is 4.86. The molecule has 0 spiro atoms. The first kappa shape index (κ1) is 20.7.